The van der Waals surface area contributed by atoms with E-state index in [1.165, 1.54) is 17.4 Å². The number of rotatable bonds is 4. The monoisotopic (exact) mass is 414 g/mol. The number of nitrogens with zero attached hydrogens (tertiary/aromatic N) is 2. The Kier molecular flexibility index (Phi) is 4.83. The van der Waals surface area contributed by atoms with Crippen molar-refractivity contribution in [1.82, 2.24) is 9.38 Å². The highest BCUT2D eigenvalue weighted by molar-refractivity contribution is 7.17. The molecule has 0 N–H and O–H groups in total. The molecule has 28 heavy (non-hydrogen) atoms. The van der Waals surface area contributed by atoms with E-state index in [9.17, 15) is 13.6 Å². The predicted molar refractivity (Wildman–Crippen MR) is 108 cm³/mol. The van der Waals surface area contributed by atoms with Crippen LogP contribution in [0.25, 0.3) is 22.3 Å². The predicted octanol–water partition coefficient (Wildman–Crippen LogP) is 6.20. The van der Waals surface area contributed by atoms with Gasteiger partial charge >= 0.3 is 0 Å². The fourth-order valence-electron chi connectivity index (χ4n) is 2.90. The highest BCUT2D eigenvalue weighted by Crippen LogP contribution is 2.30. The number of halogens is 3. The van der Waals surface area contributed by atoms with Gasteiger partial charge in [-0.2, -0.15) is 0 Å². The van der Waals surface area contributed by atoms with Crippen molar-refractivity contribution >= 4 is 39.8 Å². The Morgan fingerprint density at radius 2 is 1.82 bits per heavy atom. The Morgan fingerprint density at radius 3 is 2.50 bits per heavy atom. The summed E-state index contributed by atoms with van der Waals surface area (Å²) in [6.45, 7) is 1.97. The Hall–Kier alpha value is -2.83. The summed E-state index contributed by atoms with van der Waals surface area (Å²) in [5, 5.41) is 0.612. The first-order valence-corrected chi connectivity index (χ1v) is 9.53. The SMILES string of the molecule is Cc1cn2c(/C=C/C(=O)c3cc(F)cc(F)c3)c(-c3ccc(Cl)cc3)nc2s1. The Morgan fingerprint density at radius 1 is 1.14 bits per heavy atom. The summed E-state index contributed by atoms with van der Waals surface area (Å²) < 4.78 is 28.7. The topological polar surface area (TPSA) is 34.4 Å². The van der Waals surface area contributed by atoms with Gasteiger partial charge in [0.25, 0.3) is 0 Å². The summed E-state index contributed by atoms with van der Waals surface area (Å²) in [6.07, 6.45) is 4.84. The Labute approximate surface area is 168 Å². The molecule has 0 amide bonds. The number of aryl methyl sites for hydroxylation is 1. The van der Waals surface area contributed by atoms with Gasteiger partial charge in [0.05, 0.1) is 11.4 Å². The van der Waals surface area contributed by atoms with Crippen LogP contribution in [0.2, 0.25) is 5.02 Å². The summed E-state index contributed by atoms with van der Waals surface area (Å²) >= 11 is 7.50. The number of ketones is 1. The number of allylic oxidation sites excluding steroid dienone is 1. The van der Waals surface area contributed by atoms with Crippen LogP contribution in [-0.2, 0) is 0 Å². The van der Waals surface area contributed by atoms with Gasteiger partial charge in [-0.15, -0.1) is 11.3 Å². The molecule has 0 aliphatic rings. The molecule has 7 heteroatoms. The quantitative estimate of drug-likeness (QED) is 0.294. The van der Waals surface area contributed by atoms with Crippen molar-refractivity contribution in [2.24, 2.45) is 0 Å². The number of hydrogen-bond donors (Lipinski definition) is 0. The van der Waals surface area contributed by atoms with Gasteiger partial charge < -0.3 is 0 Å². The van der Waals surface area contributed by atoms with Crippen molar-refractivity contribution in [2.45, 2.75) is 6.92 Å². The van der Waals surface area contributed by atoms with Crippen LogP contribution < -0.4 is 0 Å². The number of fused-ring (bicyclic) bond motifs is 1. The zero-order valence-electron chi connectivity index (χ0n) is 14.6. The molecular weight excluding hydrogens is 402 g/mol. The van der Waals surface area contributed by atoms with Crippen molar-refractivity contribution in [2.75, 3.05) is 0 Å². The lowest BCUT2D eigenvalue weighted by molar-refractivity contribution is 0.104. The van der Waals surface area contributed by atoms with E-state index < -0.39 is 17.4 Å². The molecule has 0 atom stereocenters. The van der Waals surface area contributed by atoms with Crippen LogP contribution in [0.1, 0.15) is 20.9 Å². The number of imidazole rings is 1. The van der Waals surface area contributed by atoms with E-state index in [1.54, 1.807) is 18.2 Å². The molecule has 0 saturated carbocycles. The first-order valence-electron chi connectivity index (χ1n) is 8.33. The zero-order chi connectivity index (χ0) is 19.8. The molecule has 4 aromatic rings. The van der Waals surface area contributed by atoms with Crippen molar-refractivity contribution in [3.05, 3.63) is 87.5 Å². The first kappa shape index (κ1) is 18.5. The van der Waals surface area contributed by atoms with E-state index in [0.29, 0.717) is 16.4 Å². The Bertz CT molecular complexity index is 1210. The molecule has 140 valence electrons. The van der Waals surface area contributed by atoms with E-state index >= 15 is 0 Å². The van der Waals surface area contributed by atoms with E-state index in [2.05, 4.69) is 4.98 Å². The number of carbonyl (C=O) groups is 1. The van der Waals surface area contributed by atoms with E-state index in [-0.39, 0.29) is 5.56 Å². The number of carbonyl (C=O) groups excluding carboxylic acids is 1. The fraction of sp³-hybridized carbons (Fsp3) is 0.0476. The van der Waals surface area contributed by atoms with Crippen LogP contribution in [0.5, 0.6) is 0 Å². The summed E-state index contributed by atoms with van der Waals surface area (Å²) in [5.74, 6) is -2.08. The van der Waals surface area contributed by atoms with Gasteiger partial charge in [-0.05, 0) is 43.3 Å². The molecule has 2 aromatic heterocycles. The van der Waals surface area contributed by atoms with Crippen LogP contribution in [0.4, 0.5) is 8.78 Å². The molecule has 2 heterocycles. The number of thiazole rings is 1. The lowest BCUT2D eigenvalue weighted by atomic mass is 10.1. The van der Waals surface area contributed by atoms with Gasteiger partial charge in [0.15, 0.2) is 10.7 Å². The van der Waals surface area contributed by atoms with Crippen LogP contribution >= 0.6 is 22.9 Å². The average Bonchev–Trinajstić information content (AvgIpc) is 3.15. The van der Waals surface area contributed by atoms with Gasteiger partial charge in [0.2, 0.25) is 0 Å². The average molecular weight is 415 g/mol. The summed E-state index contributed by atoms with van der Waals surface area (Å²) in [6, 6.07) is 9.99. The molecular formula is C21H13ClF2N2OS. The van der Waals surface area contributed by atoms with Crippen LogP contribution in [-0.4, -0.2) is 15.2 Å². The minimum atomic E-state index is -0.793. The maximum atomic E-state index is 13.4. The maximum Gasteiger partial charge on any atom is 0.194 e. The van der Waals surface area contributed by atoms with Crippen molar-refractivity contribution in [3.63, 3.8) is 0 Å². The Balaban J connectivity index is 1.78. The second-order valence-electron chi connectivity index (χ2n) is 6.20. The molecule has 0 aliphatic carbocycles. The highest BCUT2D eigenvalue weighted by atomic mass is 35.5. The smallest absolute Gasteiger partial charge is 0.194 e. The highest BCUT2D eigenvalue weighted by Gasteiger charge is 2.15. The van der Waals surface area contributed by atoms with Gasteiger partial charge in [-0.1, -0.05) is 23.7 Å². The van der Waals surface area contributed by atoms with E-state index in [4.69, 9.17) is 11.6 Å². The van der Waals surface area contributed by atoms with E-state index in [0.717, 1.165) is 33.6 Å². The van der Waals surface area contributed by atoms with Crippen LogP contribution in [0, 0.1) is 18.6 Å². The van der Waals surface area contributed by atoms with Gasteiger partial charge in [0, 0.05) is 33.3 Å². The molecule has 0 fully saturated rings. The van der Waals surface area contributed by atoms with Crippen molar-refractivity contribution in [3.8, 4) is 11.3 Å². The van der Waals surface area contributed by atoms with E-state index in [1.807, 2.05) is 29.7 Å². The minimum Gasteiger partial charge on any atom is -0.290 e. The third-order valence-corrected chi connectivity index (χ3v) is 5.29. The molecule has 0 spiro atoms. The van der Waals surface area contributed by atoms with Gasteiger partial charge in [-0.3, -0.25) is 9.20 Å². The molecule has 2 aromatic carbocycles. The summed E-state index contributed by atoms with van der Waals surface area (Å²) in [7, 11) is 0. The summed E-state index contributed by atoms with van der Waals surface area (Å²) in [5.41, 5.74) is 2.19. The third kappa shape index (κ3) is 3.61. The molecule has 0 unspecified atom stereocenters. The number of aromatic nitrogens is 2. The fourth-order valence-corrected chi connectivity index (χ4v) is 3.86. The minimum absolute atomic E-state index is 0.0518. The number of hydrogen-bond acceptors (Lipinski definition) is 3. The molecule has 0 aliphatic heterocycles. The first-order chi connectivity index (χ1) is 13.4. The standard InChI is InChI=1S/C21H13ClF2N2OS/c1-12-11-26-18(6-7-19(27)14-8-16(23)10-17(24)9-14)20(25-21(26)28-12)13-2-4-15(22)5-3-13/h2-11H,1H3/b7-6+. The normalized spacial score (nSPS) is 11.6. The van der Waals surface area contributed by atoms with Crippen molar-refractivity contribution < 1.29 is 13.6 Å². The summed E-state index contributed by atoms with van der Waals surface area (Å²) in [4.78, 5) is 18.9. The molecule has 3 nitrogen and oxygen atoms in total. The second kappa shape index (κ2) is 7.30. The largest absolute Gasteiger partial charge is 0.290 e. The van der Waals surface area contributed by atoms with Crippen LogP contribution in [0.3, 0.4) is 0 Å². The molecule has 0 bridgehead atoms. The van der Waals surface area contributed by atoms with Crippen LogP contribution in [0.15, 0.2) is 54.7 Å². The molecule has 0 saturated heterocycles. The molecule has 0 radical (unpaired) electrons. The lowest BCUT2D eigenvalue weighted by Gasteiger charge is -2.01. The molecule has 4 rings (SSSR count). The third-order valence-electron chi connectivity index (χ3n) is 4.14. The lowest BCUT2D eigenvalue weighted by Crippen LogP contribution is -1.97. The van der Waals surface area contributed by atoms with Gasteiger partial charge in [0.1, 0.15) is 11.6 Å². The zero-order valence-corrected chi connectivity index (χ0v) is 16.2. The number of benzene rings is 2. The maximum absolute atomic E-state index is 13.4. The van der Waals surface area contributed by atoms with Crippen molar-refractivity contribution in [1.29, 1.82) is 0 Å². The second-order valence-corrected chi connectivity index (χ2v) is 7.85. The van der Waals surface area contributed by atoms with Gasteiger partial charge in [-0.25, -0.2) is 13.8 Å².